The molecule has 0 radical (unpaired) electrons. The fraction of sp³-hybridized carbons (Fsp3) is 1.00. The molecule has 1 atom stereocenters. The summed E-state index contributed by atoms with van der Waals surface area (Å²) in [5, 5.41) is 3.41. The number of hydrogen-bond acceptors (Lipinski definition) is 3. The first-order valence-corrected chi connectivity index (χ1v) is 5.27. The Bertz CT molecular complexity index is 109. The Kier molecular flexibility index (Phi) is 8.40. The Morgan fingerprint density at radius 2 is 2.15 bits per heavy atom. The van der Waals surface area contributed by atoms with Gasteiger partial charge in [-0.25, -0.2) is 0 Å². The van der Waals surface area contributed by atoms with Crippen LogP contribution in [0, 0.1) is 0 Å². The molecular formula is C10H24N2O. The Morgan fingerprint density at radius 3 is 2.69 bits per heavy atom. The first-order chi connectivity index (χ1) is 6.33. The standard InChI is InChI=1S/C8H18N2O.C2H6/c1-8-7-10(4-3-9-8)5-6-11-2;1-2/h8-9H,3-7H2,1-2H3;1-2H3. The van der Waals surface area contributed by atoms with E-state index in [1.165, 1.54) is 0 Å². The zero-order valence-corrected chi connectivity index (χ0v) is 9.47. The number of piperazine rings is 1. The van der Waals surface area contributed by atoms with Gasteiger partial charge in [0, 0.05) is 39.3 Å². The molecule has 0 saturated carbocycles. The summed E-state index contributed by atoms with van der Waals surface area (Å²) in [5.41, 5.74) is 0. The first-order valence-electron chi connectivity index (χ1n) is 5.27. The van der Waals surface area contributed by atoms with E-state index in [1.54, 1.807) is 7.11 Å². The van der Waals surface area contributed by atoms with E-state index in [0.717, 1.165) is 32.8 Å². The van der Waals surface area contributed by atoms with Crippen molar-refractivity contribution >= 4 is 0 Å². The van der Waals surface area contributed by atoms with Gasteiger partial charge in [0.25, 0.3) is 0 Å². The molecule has 0 aromatic carbocycles. The molecule has 3 heteroatoms. The van der Waals surface area contributed by atoms with E-state index in [9.17, 15) is 0 Å². The lowest BCUT2D eigenvalue weighted by molar-refractivity contribution is 0.129. The Hall–Kier alpha value is -0.120. The van der Waals surface area contributed by atoms with Crippen molar-refractivity contribution in [2.45, 2.75) is 26.8 Å². The van der Waals surface area contributed by atoms with E-state index in [-0.39, 0.29) is 0 Å². The van der Waals surface area contributed by atoms with E-state index in [4.69, 9.17) is 4.74 Å². The minimum absolute atomic E-state index is 0.639. The van der Waals surface area contributed by atoms with E-state index < -0.39 is 0 Å². The van der Waals surface area contributed by atoms with Crippen LogP contribution in [-0.4, -0.2) is 50.8 Å². The molecule has 1 rings (SSSR count). The van der Waals surface area contributed by atoms with Crippen LogP contribution in [0.25, 0.3) is 0 Å². The normalized spacial score (nSPS) is 23.5. The first kappa shape index (κ1) is 12.9. The van der Waals surface area contributed by atoms with Crippen LogP contribution >= 0.6 is 0 Å². The average molecular weight is 188 g/mol. The molecule has 0 aliphatic carbocycles. The van der Waals surface area contributed by atoms with Crippen molar-refractivity contribution in [3.05, 3.63) is 0 Å². The molecule has 0 amide bonds. The summed E-state index contributed by atoms with van der Waals surface area (Å²) < 4.78 is 5.02. The Labute approximate surface area is 82.4 Å². The summed E-state index contributed by atoms with van der Waals surface area (Å²) in [7, 11) is 1.76. The number of nitrogens with zero attached hydrogens (tertiary/aromatic N) is 1. The molecule has 1 heterocycles. The van der Waals surface area contributed by atoms with E-state index in [0.29, 0.717) is 6.04 Å². The van der Waals surface area contributed by atoms with Crippen LogP contribution in [0.3, 0.4) is 0 Å². The van der Waals surface area contributed by atoms with Gasteiger partial charge in [0.1, 0.15) is 0 Å². The number of ether oxygens (including phenoxy) is 1. The molecule has 1 aliphatic heterocycles. The minimum Gasteiger partial charge on any atom is -0.383 e. The predicted octanol–water partition coefficient (Wildman–Crippen LogP) is 0.953. The third-order valence-electron chi connectivity index (χ3n) is 2.06. The van der Waals surface area contributed by atoms with Gasteiger partial charge < -0.3 is 10.1 Å². The minimum atomic E-state index is 0.639. The van der Waals surface area contributed by atoms with Gasteiger partial charge in [-0.1, -0.05) is 13.8 Å². The molecule has 80 valence electrons. The zero-order chi connectivity index (χ0) is 10.1. The molecule has 0 spiro atoms. The summed E-state index contributed by atoms with van der Waals surface area (Å²) in [4.78, 5) is 2.44. The van der Waals surface area contributed by atoms with Gasteiger partial charge in [-0.3, -0.25) is 4.90 Å². The maximum absolute atomic E-state index is 5.02. The molecule has 1 saturated heterocycles. The molecule has 1 N–H and O–H groups in total. The molecule has 1 unspecified atom stereocenters. The van der Waals surface area contributed by atoms with Gasteiger partial charge in [0.2, 0.25) is 0 Å². The smallest absolute Gasteiger partial charge is 0.0589 e. The van der Waals surface area contributed by atoms with Gasteiger partial charge >= 0.3 is 0 Å². The van der Waals surface area contributed by atoms with E-state index in [2.05, 4.69) is 17.1 Å². The Balaban J connectivity index is 0.000000671. The number of hydrogen-bond donors (Lipinski definition) is 1. The maximum Gasteiger partial charge on any atom is 0.0589 e. The van der Waals surface area contributed by atoms with Crippen LogP contribution in [0.15, 0.2) is 0 Å². The van der Waals surface area contributed by atoms with Gasteiger partial charge in [-0.15, -0.1) is 0 Å². The van der Waals surface area contributed by atoms with Crippen molar-refractivity contribution in [2.75, 3.05) is 39.9 Å². The van der Waals surface area contributed by atoms with Gasteiger partial charge in [-0.05, 0) is 6.92 Å². The summed E-state index contributed by atoms with van der Waals surface area (Å²) >= 11 is 0. The highest BCUT2D eigenvalue weighted by Gasteiger charge is 2.13. The van der Waals surface area contributed by atoms with Crippen LogP contribution in [0.4, 0.5) is 0 Å². The topological polar surface area (TPSA) is 24.5 Å². The average Bonchev–Trinajstić information content (AvgIpc) is 2.18. The lowest BCUT2D eigenvalue weighted by Crippen LogP contribution is -2.49. The molecule has 1 fully saturated rings. The van der Waals surface area contributed by atoms with Crippen LogP contribution in [-0.2, 0) is 4.74 Å². The molecule has 13 heavy (non-hydrogen) atoms. The van der Waals surface area contributed by atoms with Crippen molar-refractivity contribution < 1.29 is 4.74 Å². The van der Waals surface area contributed by atoms with Gasteiger partial charge in [-0.2, -0.15) is 0 Å². The highest BCUT2D eigenvalue weighted by molar-refractivity contribution is 4.74. The largest absolute Gasteiger partial charge is 0.383 e. The quantitative estimate of drug-likeness (QED) is 0.714. The highest BCUT2D eigenvalue weighted by Crippen LogP contribution is 1.96. The van der Waals surface area contributed by atoms with Crippen molar-refractivity contribution in [1.29, 1.82) is 0 Å². The number of rotatable bonds is 3. The van der Waals surface area contributed by atoms with E-state index >= 15 is 0 Å². The number of nitrogens with one attached hydrogen (secondary N) is 1. The Morgan fingerprint density at radius 1 is 1.46 bits per heavy atom. The molecule has 0 bridgehead atoms. The predicted molar refractivity (Wildman–Crippen MR) is 57.1 cm³/mol. The number of methoxy groups -OCH3 is 1. The van der Waals surface area contributed by atoms with Crippen molar-refractivity contribution in [2.24, 2.45) is 0 Å². The maximum atomic E-state index is 5.02. The molecule has 3 nitrogen and oxygen atoms in total. The SMILES string of the molecule is CC.COCCN1CCNC(C)C1. The van der Waals surface area contributed by atoms with Crippen LogP contribution in [0.2, 0.25) is 0 Å². The van der Waals surface area contributed by atoms with Crippen molar-refractivity contribution in [1.82, 2.24) is 10.2 Å². The second-order valence-corrected chi connectivity index (χ2v) is 3.15. The fourth-order valence-electron chi connectivity index (χ4n) is 1.44. The van der Waals surface area contributed by atoms with E-state index in [1.807, 2.05) is 13.8 Å². The summed E-state index contributed by atoms with van der Waals surface area (Å²) in [6, 6.07) is 0.639. The molecule has 0 aromatic rings. The van der Waals surface area contributed by atoms with Gasteiger partial charge in [0.05, 0.1) is 6.61 Å². The summed E-state index contributed by atoms with van der Waals surface area (Å²) in [6.45, 7) is 11.6. The molecule has 0 aromatic heterocycles. The third kappa shape index (κ3) is 6.02. The lowest BCUT2D eigenvalue weighted by Gasteiger charge is -2.31. The van der Waals surface area contributed by atoms with Crippen LogP contribution in [0.5, 0.6) is 0 Å². The highest BCUT2D eigenvalue weighted by atomic mass is 16.5. The molecular weight excluding hydrogens is 164 g/mol. The van der Waals surface area contributed by atoms with Crippen LogP contribution in [0.1, 0.15) is 20.8 Å². The summed E-state index contributed by atoms with van der Waals surface area (Å²) in [5.74, 6) is 0. The zero-order valence-electron chi connectivity index (χ0n) is 9.47. The molecule has 1 aliphatic rings. The monoisotopic (exact) mass is 188 g/mol. The van der Waals surface area contributed by atoms with Crippen LogP contribution < -0.4 is 5.32 Å². The van der Waals surface area contributed by atoms with Crippen molar-refractivity contribution in [3.63, 3.8) is 0 Å². The van der Waals surface area contributed by atoms with Crippen molar-refractivity contribution in [3.8, 4) is 0 Å². The summed E-state index contributed by atoms with van der Waals surface area (Å²) in [6.07, 6.45) is 0. The second kappa shape index (κ2) is 8.48. The third-order valence-corrected chi connectivity index (χ3v) is 2.06. The fourth-order valence-corrected chi connectivity index (χ4v) is 1.44. The second-order valence-electron chi connectivity index (χ2n) is 3.15. The lowest BCUT2D eigenvalue weighted by atomic mass is 10.2. The van der Waals surface area contributed by atoms with Gasteiger partial charge in [0.15, 0.2) is 0 Å².